The number of hydrogen-bond donors (Lipinski definition) is 1. The van der Waals surface area contributed by atoms with E-state index in [9.17, 15) is 9.46 Å². The van der Waals surface area contributed by atoms with Crippen LogP contribution in [-0.4, -0.2) is 18.1 Å². The minimum absolute atomic E-state index is 0.253. The van der Waals surface area contributed by atoms with E-state index in [0.717, 1.165) is 51.4 Å². The van der Waals surface area contributed by atoms with Gasteiger partial charge in [0.2, 0.25) is 0 Å². The van der Waals surface area contributed by atoms with Crippen LogP contribution in [0.3, 0.4) is 0 Å². The van der Waals surface area contributed by atoms with Crippen LogP contribution in [0.4, 0.5) is 0 Å². The number of phosphoric acid groups is 1. The quantitative estimate of drug-likeness (QED) is 0.0611. The third-order valence-electron chi connectivity index (χ3n) is 6.25. The Morgan fingerprint density at radius 3 is 1.14 bits per heavy atom. The van der Waals surface area contributed by atoms with Crippen molar-refractivity contribution in [3.05, 3.63) is 48.6 Å². The number of phosphoric ester groups is 1. The van der Waals surface area contributed by atoms with Gasteiger partial charge in [0.05, 0.1) is 13.2 Å². The molecule has 4 nitrogen and oxygen atoms in total. The zero-order chi connectivity index (χ0) is 27.1. The Hall–Kier alpha value is -0.930. The maximum atomic E-state index is 11.9. The highest BCUT2D eigenvalue weighted by Gasteiger charge is 2.19. The summed E-state index contributed by atoms with van der Waals surface area (Å²) in [6, 6.07) is 0. The van der Waals surface area contributed by atoms with E-state index in [1.165, 1.54) is 77.0 Å². The molecular formula is C32H59O4P. The van der Waals surface area contributed by atoms with Crippen LogP contribution in [0.2, 0.25) is 0 Å². The average molecular weight is 539 g/mol. The first-order chi connectivity index (χ1) is 18.1. The Morgan fingerprint density at radius 1 is 0.486 bits per heavy atom. The van der Waals surface area contributed by atoms with Crippen LogP contribution in [0, 0.1) is 0 Å². The zero-order valence-corrected chi connectivity index (χ0v) is 25.2. The fourth-order valence-electron chi connectivity index (χ4n) is 3.91. The van der Waals surface area contributed by atoms with Gasteiger partial charge in [-0.2, -0.15) is 0 Å². The van der Waals surface area contributed by atoms with Crippen molar-refractivity contribution >= 4 is 7.82 Å². The van der Waals surface area contributed by atoms with Gasteiger partial charge in [-0.25, -0.2) is 4.57 Å². The molecule has 216 valence electrons. The van der Waals surface area contributed by atoms with Crippen molar-refractivity contribution in [2.75, 3.05) is 13.2 Å². The highest BCUT2D eigenvalue weighted by atomic mass is 31.2. The van der Waals surface area contributed by atoms with E-state index in [-0.39, 0.29) is 13.2 Å². The predicted molar refractivity (Wildman–Crippen MR) is 162 cm³/mol. The Balaban J connectivity index is 3.52. The van der Waals surface area contributed by atoms with Crippen LogP contribution in [0.5, 0.6) is 0 Å². The van der Waals surface area contributed by atoms with Gasteiger partial charge in [-0.15, -0.1) is 0 Å². The van der Waals surface area contributed by atoms with Crippen LogP contribution < -0.4 is 0 Å². The number of unbranched alkanes of at least 4 members (excludes halogenated alkanes) is 16. The molecule has 0 heterocycles. The van der Waals surface area contributed by atoms with Gasteiger partial charge in [-0.1, -0.05) is 127 Å². The molecule has 0 rings (SSSR count). The molecule has 0 aromatic carbocycles. The van der Waals surface area contributed by atoms with Gasteiger partial charge in [0.25, 0.3) is 0 Å². The molecule has 0 aliphatic rings. The second-order valence-corrected chi connectivity index (χ2v) is 11.4. The lowest BCUT2D eigenvalue weighted by Gasteiger charge is -2.11. The molecule has 0 aromatic rings. The normalized spacial score (nSPS) is 12.8. The number of hydrogen-bond acceptors (Lipinski definition) is 3. The van der Waals surface area contributed by atoms with Crippen molar-refractivity contribution in [3.8, 4) is 0 Å². The van der Waals surface area contributed by atoms with Gasteiger partial charge in [0.1, 0.15) is 0 Å². The van der Waals surface area contributed by atoms with E-state index in [0.29, 0.717) is 0 Å². The fourth-order valence-corrected chi connectivity index (χ4v) is 4.70. The summed E-state index contributed by atoms with van der Waals surface area (Å²) < 4.78 is 22.1. The van der Waals surface area contributed by atoms with Gasteiger partial charge < -0.3 is 4.89 Å². The molecule has 0 aromatic heterocycles. The van der Waals surface area contributed by atoms with Crippen molar-refractivity contribution < 1.29 is 18.5 Å². The topological polar surface area (TPSA) is 55.8 Å². The first-order valence-corrected chi connectivity index (χ1v) is 16.9. The van der Waals surface area contributed by atoms with Crippen LogP contribution >= 0.6 is 7.82 Å². The maximum absolute atomic E-state index is 11.9. The summed E-state index contributed by atoms with van der Waals surface area (Å²) in [6.45, 7) is 5.01. The molecule has 0 bridgehead atoms. The van der Waals surface area contributed by atoms with E-state index in [4.69, 9.17) is 9.05 Å². The van der Waals surface area contributed by atoms with Gasteiger partial charge in [0, 0.05) is 0 Å². The molecule has 1 N–H and O–H groups in total. The second-order valence-electron chi connectivity index (χ2n) is 9.95. The van der Waals surface area contributed by atoms with Crippen LogP contribution in [0.15, 0.2) is 48.6 Å². The van der Waals surface area contributed by atoms with E-state index in [2.05, 4.69) is 62.5 Å². The third kappa shape index (κ3) is 31.2. The number of rotatable bonds is 28. The van der Waals surface area contributed by atoms with Crippen molar-refractivity contribution in [1.29, 1.82) is 0 Å². The van der Waals surface area contributed by atoms with Crippen molar-refractivity contribution in [3.63, 3.8) is 0 Å². The molecule has 0 amide bonds. The summed E-state index contributed by atoms with van der Waals surface area (Å²) in [6.07, 6.45) is 40.8. The molecule has 0 saturated carbocycles. The summed E-state index contributed by atoms with van der Waals surface area (Å²) in [5.74, 6) is 0. The van der Waals surface area contributed by atoms with Crippen LogP contribution in [0.25, 0.3) is 0 Å². The Morgan fingerprint density at radius 2 is 0.784 bits per heavy atom. The minimum atomic E-state index is -3.92. The fraction of sp³-hybridized carbons (Fsp3) is 0.750. The van der Waals surface area contributed by atoms with Crippen LogP contribution in [-0.2, 0) is 13.6 Å². The standard InChI is InChI=1S/C32H59O4P/c1-3-5-7-9-11-13-15-17-19-21-23-25-27-29-31-35-37(33,34)36-32-30-28-26-24-22-20-18-16-14-12-10-8-6-4-2/h17-24H,3-16,25-32H2,1-2H3,(H,33,34)/b19-17+,20-18+,23-21+,24-22+. The van der Waals surface area contributed by atoms with Crippen molar-refractivity contribution in [1.82, 2.24) is 0 Å². The largest absolute Gasteiger partial charge is 0.472 e. The van der Waals surface area contributed by atoms with Gasteiger partial charge >= 0.3 is 7.82 Å². The molecule has 5 heteroatoms. The Labute approximate surface area is 230 Å². The predicted octanol–water partition coefficient (Wildman–Crippen LogP) is 11.2. The molecule has 0 aliphatic carbocycles. The van der Waals surface area contributed by atoms with E-state index < -0.39 is 7.82 Å². The molecule has 0 saturated heterocycles. The molecular weight excluding hydrogens is 479 g/mol. The summed E-state index contributed by atoms with van der Waals surface area (Å²) in [4.78, 5) is 9.79. The van der Waals surface area contributed by atoms with Crippen molar-refractivity contribution in [2.24, 2.45) is 0 Å². The first-order valence-electron chi connectivity index (χ1n) is 15.4. The highest BCUT2D eigenvalue weighted by molar-refractivity contribution is 7.47. The summed E-state index contributed by atoms with van der Waals surface area (Å²) >= 11 is 0. The molecule has 0 unspecified atom stereocenters. The maximum Gasteiger partial charge on any atom is 0.472 e. The molecule has 37 heavy (non-hydrogen) atoms. The average Bonchev–Trinajstić information content (AvgIpc) is 2.88. The lowest BCUT2D eigenvalue weighted by Crippen LogP contribution is -1.98. The first kappa shape index (κ1) is 36.1. The second kappa shape index (κ2) is 29.6. The van der Waals surface area contributed by atoms with E-state index in [1.54, 1.807) is 0 Å². The monoisotopic (exact) mass is 538 g/mol. The van der Waals surface area contributed by atoms with Crippen molar-refractivity contribution in [2.45, 2.75) is 142 Å². The summed E-state index contributed by atoms with van der Waals surface area (Å²) in [7, 11) is -3.92. The van der Waals surface area contributed by atoms with E-state index >= 15 is 0 Å². The number of allylic oxidation sites excluding steroid dienone is 8. The lowest BCUT2D eigenvalue weighted by atomic mass is 10.1. The van der Waals surface area contributed by atoms with Gasteiger partial charge in [-0.05, 0) is 64.2 Å². The summed E-state index contributed by atoms with van der Waals surface area (Å²) in [5, 5.41) is 0. The molecule has 0 spiro atoms. The van der Waals surface area contributed by atoms with Gasteiger partial charge in [-0.3, -0.25) is 9.05 Å². The zero-order valence-electron chi connectivity index (χ0n) is 24.3. The highest BCUT2D eigenvalue weighted by Crippen LogP contribution is 2.43. The third-order valence-corrected chi connectivity index (χ3v) is 7.27. The minimum Gasteiger partial charge on any atom is -0.302 e. The Kier molecular flexibility index (Phi) is 28.9. The van der Waals surface area contributed by atoms with Gasteiger partial charge in [0.15, 0.2) is 0 Å². The summed E-state index contributed by atoms with van der Waals surface area (Å²) in [5.41, 5.74) is 0. The lowest BCUT2D eigenvalue weighted by molar-refractivity contribution is 0.146. The van der Waals surface area contributed by atoms with E-state index in [1.807, 2.05) is 0 Å². The molecule has 0 fully saturated rings. The molecule has 0 radical (unpaired) electrons. The molecule has 0 atom stereocenters. The molecule has 0 aliphatic heterocycles. The van der Waals surface area contributed by atoms with Crippen LogP contribution in [0.1, 0.15) is 142 Å². The smallest absolute Gasteiger partial charge is 0.302 e. The Bertz CT molecular complexity index is 574. The SMILES string of the molecule is CCCCCCCC/C=C/C=C/CCCCOP(=O)(O)OCCCC/C=C/C=C/CCCCCCCC.